The van der Waals surface area contributed by atoms with Gasteiger partial charge in [-0.25, -0.2) is 13.2 Å². The van der Waals surface area contributed by atoms with Gasteiger partial charge in [0.2, 0.25) is 10.0 Å². The Labute approximate surface area is 129 Å². The lowest BCUT2D eigenvalue weighted by atomic mass is 9.91. The minimum absolute atomic E-state index is 0.118. The van der Waals surface area contributed by atoms with Gasteiger partial charge in [-0.05, 0) is 24.5 Å². The lowest BCUT2D eigenvalue weighted by Crippen LogP contribution is -2.45. The average molecular weight is 325 g/mol. The van der Waals surface area contributed by atoms with Crippen molar-refractivity contribution < 1.29 is 23.1 Å². The number of nitrogens with zero attached hydrogens (tertiary/aromatic N) is 1. The minimum Gasteiger partial charge on any atom is -0.479 e. The van der Waals surface area contributed by atoms with Crippen LogP contribution in [0, 0.1) is 5.92 Å². The summed E-state index contributed by atoms with van der Waals surface area (Å²) in [5.74, 6) is -1.36. The number of hydrogen-bond donors (Lipinski definition) is 1. The molecule has 0 saturated carbocycles. The summed E-state index contributed by atoms with van der Waals surface area (Å²) in [5, 5.41) is 9.48. The van der Waals surface area contributed by atoms with Gasteiger partial charge in [0.25, 0.3) is 0 Å². The average Bonchev–Trinajstić information content (AvgIpc) is 3.05. The number of carboxylic acids is 1. The molecule has 22 heavy (non-hydrogen) atoms. The third kappa shape index (κ3) is 2.15. The van der Waals surface area contributed by atoms with Crippen LogP contribution in [0.5, 0.6) is 0 Å². The lowest BCUT2D eigenvalue weighted by molar-refractivity contribution is -0.160. The summed E-state index contributed by atoms with van der Waals surface area (Å²) in [7, 11) is -3.71. The maximum absolute atomic E-state index is 12.9. The molecule has 6 nitrogen and oxygen atoms in total. The van der Waals surface area contributed by atoms with Crippen LogP contribution in [0.25, 0.3) is 0 Å². The molecule has 2 heterocycles. The number of aliphatic carboxylic acids is 1. The Balaban J connectivity index is 1.97. The predicted molar refractivity (Wildman–Crippen MR) is 79.0 cm³/mol. The molecule has 0 radical (unpaired) electrons. The second-order valence-electron chi connectivity index (χ2n) is 5.79. The van der Waals surface area contributed by atoms with E-state index in [9.17, 15) is 18.3 Å². The Morgan fingerprint density at radius 1 is 1.45 bits per heavy atom. The molecule has 2 aliphatic heterocycles. The van der Waals surface area contributed by atoms with Crippen LogP contribution < -0.4 is 0 Å². The van der Waals surface area contributed by atoms with Crippen molar-refractivity contribution >= 4 is 16.0 Å². The van der Waals surface area contributed by atoms with Gasteiger partial charge >= 0.3 is 5.97 Å². The van der Waals surface area contributed by atoms with Gasteiger partial charge in [-0.1, -0.05) is 25.1 Å². The number of sulfonamides is 1. The molecular formula is C15H19NO5S. The Morgan fingerprint density at radius 2 is 2.18 bits per heavy atom. The maximum Gasteiger partial charge on any atom is 0.337 e. The van der Waals surface area contributed by atoms with E-state index < -0.39 is 21.6 Å². The molecule has 3 rings (SSSR count). The summed E-state index contributed by atoms with van der Waals surface area (Å²) in [4.78, 5) is 11.9. The van der Waals surface area contributed by atoms with Gasteiger partial charge in [0.15, 0.2) is 5.60 Å². The number of hydrogen-bond acceptors (Lipinski definition) is 4. The Morgan fingerprint density at radius 3 is 2.82 bits per heavy atom. The summed E-state index contributed by atoms with van der Waals surface area (Å²) in [6.07, 6.45) is 1.18. The van der Waals surface area contributed by atoms with E-state index in [4.69, 9.17) is 4.74 Å². The van der Waals surface area contributed by atoms with Crippen LogP contribution in [-0.2, 0) is 26.0 Å². The third-order valence-electron chi connectivity index (χ3n) is 4.65. The quantitative estimate of drug-likeness (QED) is 0.896. The van der Waals surface area contributed by atoms with E-state index in [0.717, 1.165) is 5.56 Å². The molecule has 120 valence electrons. The Bertz CT molecular complexity index is 702. The zero-order chi connectivity index (χ0) is 16.0. The lowest BCUT2D eigenvalue weighted by Gasteiger charge is -2.23. The first-order valence-corrected chi connectivity index (χ1v) is 8.81. The van der Waals surface area contributed by atoms with Crippen LogP contribution in [0.1, 0.15) is 18.9 Å². The molecule has 7 heteroatoms. The molecule has 0 amide bonds. The van der Waals surface area contributed by atoms with Crippen molar-refractivity contribution in [3.63, 3.8) is 0 Å². The number of carbonyl (C=O) groups is 1. The van der Waals surface area contributed by atoms with Crippen LogP contribution in [0.3, 0.4) is 0 Å². The standard InChI is InChI=1S/C15H19NO5S/c1-2-11-5-3-4-6-13(11)22(19,20)16-9-12-7-8-21-15(12,10-16)14(17)18/h3-6,12H,2,7-10H2,1H3,(H,17,18)/t12-,15+/m0/s1. The predicted octanol–water partition coefficient (Wildman–Crippen LogP) is 1.11. The van der Waals surface area contributed by atoms with Crippen LogP contribution in [0.15, 0.2) is 29.2 Å². The van der Waals surface area contributed by atoms with Crippen LogP contribution in [-0.4, -0.2) is 49.1 Å². The maximum atomic E-state index is 12.9. The number of carboxylic acid groups (broad SMARTS) is 1. The van der Waals surface area contributed by atoms with Crippen molar-refractivity contribution in [2.75, 3.05) is 19.7 Å². The summed E-state index contributed by atoms with van der Waals surface area (Å²) in [5.41, 5.74) is -0.640. The number of fused-ring (bicyclic) bond motifs is 1. The molecular weight excluding hydrogens is 306 g/mol. The van der Waals surface area contributed by atoms with Crippen molar-refractivity contribution in [1.82, 2.24) is 4.31 Å². The second-order valence-corrected chi connectivity index (χ2v) is 7.69. The first-order chi connectivity index (χ1) is 10.4. The number of rotatable bonds is 4. The third-order valence-corrected chi connectivity index (χ3v) is 6.57. The van der Waals surface area contributed by atoms with E-state index in [1.807, 2.05) is 6.92 Å². The van der Waals surface area contributed by atoms with Crippen molar-refractivity contribution in [3.05, 3.63) is 29.8 Å². The molecule has 0 aromatic heterocycles. The monoisotopic (exact) mass is 325 g/mol. The summed E-state index contributed by atoms with van der Waals surface area (Å²) >= 11 is 0. The van der Waals surface area contributed by atoms with Crippen LogP contribution in [0.2, 0.25) is 0 Å². The van der Waals surface area contributed by atoms with Crippen molar-refractivity contribution in [1.29, 1.82) is 0 Å². The minimum atomic E-state index is -3.71. The highest BCUT2D eigenvalue weighted by Crippen LogP contribution is 2.41. The SMILES string of the molecule is CCc1ccccc1S(=O)(=O)N1C[C@@H]2CCO[C@]2(C(=O)O)C1. The molecule has 0 aliphatic carbocycles. The van der Waals surface area contributed by atoms with E-state index in [2.05, 4.69) is 0 Å². The summed E-state index contributed by atoms with van der Waals surface area (Å²) in [6.45, 7) is 2.35. The molecule has 2 atom stereocenters. The van der Waals surface area contributed by atoms with Crippen LogP contribution in [0.4, 0.5) is 0 Å². The molecule has 0 spiro atoms. The van der Waals surface area contributed by atoms with Gasteiger partial charge in [0.1, 0.15) is 0 Å². The fraction of sp³-hybridized carbons (Fsp3) is 0.533. The first kappa shape index (κ1) is 15.5. The van der Waals surface area contributed by atoms with Crippen molar-refractivity contribution in [3.8, 4) is 0 Å². The van der Waals surface area contributed by atoms with E-state index >= 15 is 0 Å². The zero-order valence-corrected chi connectivity index (χ0v) is 13.2. The zero-order valence-electron chi connectivity index (χ0n) is 12.4. The van der Waals surface area contributed by atoms with Crippen LogP contribution >= 0.6 is 0 Å². The fourth-order valence-corrected chi connectivity index (χ4v) is 5.20. The highest BCUT2D eigenvalue weighted by molar-refractivity contribution is 7.89. The van der Waals surface area contributed by atoms with Gasteiger partial charge in [-0.2, -0.15) is 4.31 Å². The molecule has 0 bridgehead atoms. The van der Waals surface area contributed by atoms with Gasteiger partial charge in [0.05, 0.1) is 11.4 Å². The summed E-state index contributed by atoms with van der Waals surface area (Å²) in [6, 6.07) is 6.86. The molecule has 2 saturated heterocycles. The smallest absolute Gasteiger partial charge is 0.337 e. The van der Waals surface area contributed by atoms with Crippen molar-refractivity contribution in [2.45, 2.75) is 30.3 Å². The topological polar surface area (TPSA) is 83.9 Å². The molecule has 1 aromatic rings. The molecule has 1 N–H and O–H groups in total. The van der Waals surface area contributed by atoms with Gasteiger partial charge in [0, 0.05) is 19.1 Å². The van der Waals surface area contributed by atoms with E-state index in [1.54, 1.807) is 24.3 Å². The number of ether oxygens (including phenoxy) is 1. The number of benzene rings is 1. The molecule has 1 aromatic carbocycles. The largest absolute Gasteiger partial charge is 0.479 e. The highest BCUT2D eigenvalue weighted by atomic mass is 32.2. The highest BCUT2D eigenvalue weighted by Gasteiger charge is 2.59. The fourth-order valence-electron chi connectivity index (χ4n) is 3.39. The Hall–Kier alpha value is -1.44. The second kappa shape index (κ2) is 5.33. The van der Waals surface area contributed by atoms with E-state index in [1.165, 1.54) is 4.31 Å². The first-order valence-electron chi connectivity index (χ1n) is 7.37. The van der Waals surface area contributed by atoms with Gasteiger partial charge in [-0.15, -0.1) is 0 Å². The Kier molecular flexibility index (Phi) is 3.74. The normalized spacial score (nSPS) is 28.7. The summed E-state index contributed by atoms with van der Waals surface area (Å²) < 4.78 is 32.5. The van der Waals surface area contributed by atoms with Gasteiger partial charge < -0.3 is 9.84 Å². The molecule has 0 unspecified atom stereocenters. The molecule has 2 aliphatic rings. The number of aryl methyl sites for hydroxylation is 1. The van der Waals surface area contributed by atoms with E-state index in [0.29, 0.717) is 19.4 Å². The van der Waals surface area contributed by atoms with Gasteiger partial charge in [-0.3, -0.25) is 0 Å². The van der Waals surface area contributed by atoms with Crippen molar-refractivity contribution in [2.24, 2.45) is 5.92 Å². The molecule has 2 fully saturated rings. The van der Waals surface area contributed by atoms with E-state index in [-0.39, 0.29) is 23.9 Å².